The Bertz CT molecular complexity index is 719. The maximum absolute atomic E-state index is 12.5. The van der Waals surface area contributed by atoms with Gasteiger partial charge in [-0.15, -0.1) is 0 Å². The molecule has 1 aromatic carbocycles. The molecule has 0 bridgehead atoms. The molecule has 6 heteroatoms. The molecule has 1 amide bonds. The first-order valence-corrected chi connectivity index (χ1v) is 8.67. The quantitative estimate of drug-likeness (QED) is 0.872. The highest BCUT2D eigenvalue weighted by Gasteiger charge is 2.26. The lowest BCUT2D eigenvalue weighted by molar-refractivity contribution is 0.0525. The molecule has 1 atom stereocenters. The predicted octanol–water partition coefficient (Wildman–Crippen LogP) is 2.18. The molecular weight excluding hydrogens is 318 g/mol. The van der Waals surface area contributed by atoms with Crippen LogP contribution < -0.4 is 5.32 Å². The van der Waals surface area contributed by atoms with Gasteiger partial charge in [0.25, 0.3) is 5.91 Å². The monoisotopic (exact) mass is 343 g/mol. The van der Waals surface area contributed by atoms with E-state index in [2.05, 4.69) is 10.4 Å². The van der Waals surface area contributed by atoms with Crippen LogP contribution in [-0.2, 0) is 10.3 Å². The number of nitrogens with one attached hydrogen (secondary N) is 1. The second kappa shape index (κ2) is 7.37. The molecule has 0 radical (unpaired) electrons. The number of carbonyl (C=O) groups excluding carboxylic acids is 1. The van der Waals surface area contributed by atoms with Gasteiger partial charge in [0.1, 0.15) is 5.60 Å². The van der Waals surface area contributed by atoms with E-state index in [9.17, 15) is 9.90 Å². The third kappa shape index (κ3) is 3.91. The number of amides is 1. The first-order valence-electron chi connectivity index (χ1n) is 8.67. The largest absolute Gasteiger partial charge is 0.384 e. The summed E-state index contributed by atoms with van der Waals surface area (Å²) in [6.07, 6.45) is 3.43. The van der Waals surface area contributed by atoms with Crippen molar-refractivity contribution < 1.29 is 14.6 Å². The van der Waals surface area contributed by atoms with Gasteiger partial charge < -0.3 is 15.2 Å². The SMILES string of the molecule is Cc1c(C(=O)NCC(C)(O)c2ccccc2)cnn1C1CCOCC1. The van der Waals surface area contributed by atoms with Gasteiger partial charge in [0.15, 0.2) is 0 Å². The third-order valence-corrected chi connectivity index (χ3v) is 4.81. The highest BCUT2D eigenvalue weighted by molar-refractivity contribution is 5.95. The van der Waals surface area contributed by atoms with E-state index in [1.807, 2.05) is 41.9 Å². The second-order valence-corrected chi connectivity index (χ2v) is 6.75. The van der Waals surface area contributed by atoms with Crippen LogP contribution in [0.3, 0.4) is 0 Å². The summed E-state index contributed by atoms with van der Waals surface area (Å²) in [6.45, 7) is 5.20. The topological polar surface area (TPSA) is 76.4 Å². The first kappa shape index (κ1) is 17.6. The lowest BCUT2D eigenvalue weighted by Crippen LogP contribution is -2.38. The van der Waals surface area contributed by atoms with Crippen molar-refractivity contribution in [1.82, 2.24) is 15.1 Å². The summed E-state index contributed by atoms with van der Waals surface area (Å²) >= 11 is 0. The smallest absolute Gasteiger partial charge is 0.254 e. The molecule has 25 heavy (non-hydrogen) atoms. The standard InChI is InChI=1S/C19H25N3O3/c1-14-17(12-21-22(14)16-8-10-25-11-9-16)18(23)20-13-19(2,24)15-6-4-3-5-7-15/h3-7,12,16,24H,8-11,13H2,1-2H3,(H,20,23). The second-order valence-electron chi connectivity index (χ2n) is 6.75. The van der Waals surface area contributed by atoms with Gasteiger partial charge in [-0.2, -0.15) is 5.10 Å². The Labute approximate surface area is 147 Å². The number of ether oxygens (including phenoxy) is 1. The molecule has 0 aliphatic carbocycles. The molecule has 3 rings (SSSR count). The van der Waals surface area contributed by atoms with Crippen LogP contribution >= 0.6 is 0 Å². The molecule has 2 N–H and O–H groups in total. The molecule has 1 aromatic heterocycles. The maximum atomic E-state index is 12.5. The average molecular weight is 343 g/mol. The first-order chi connectivity index (χ1) is 12.0. The average Bonchev–Trinajstić information content (AvgIpc) is 3.03. The van der Waals surface area contributed by atoms with Crippen molar-refractivity contribution in [2.45, 2.75) is 38.3 Å². The van der Waals surface area contributed by atoms with Crippen LogP contribution in [0.25, 0.3) is 0 Å². The zero-order valence-electron chi connectivity index (χ0n) is 14.7. The Kier molecular flexibility index (Phi) is 5.20. The predicted molar refractivity (Wildman–Crippen MR) is 94.4 cm³/mol. The van der Waals surface area contributed by atoms with E-state index in [0.29, 0.717) is 5.56 Å². The van der Waals surface area contributed by atoms with Gasteiger partial charge in [-0.25, -0.2) is 0 Å². The van der Waals surface area contributed by atoms with Gasteiger partial charge in [0, 0.05) is 18.9 Å². The number of carbonyl (C=O) groups is 1. The van der Waals surface area contributed by atoms with Gasteiger partial charge in [-0.3, -0.25) is 9.48 Å². The number of hydrogen-bond acceptors (Lipinski definition) is 4. The Hall–Kier alpha value is -2.18. The minimum atomic E-state index is -1.12. The molecular formula is C19H25N3O3. The van der Waals surface area contributed by atoms with Gasteiger partial charge in [0.05, 0.1) is 24.3 Å². The van der Waals surface area contributed by atoms with Gasteiger partial charge in [-0.05, 0) is 32.3 Å². The van der Waals surface area contributed by atoms with Crippen LogP contribution in [0.5, 0.6) is 0 Å². The molecule has 1 saturated heterocycles. The molecule has 6 nitrogen and oxygen atoms in total. The van der Waals surface area contributed by atoms with Crippen LogP contribution in [-0.4, -0.2) is 40.6 Å². The third-order valence-electron chi connectivity index (χ3n) is 4.81. The number of benzene rings is 1. The molecule has 0 spiro atoms. The van der Waals surface area contributed by atoms with Crippen LogP contribution in [0.1, 0.15) is 47.4 Å². The van der Waals surface area contributed by atoms with E-state index in [0.717, 1.165) is 37.3 Å². The Morgan fingerprint density at radius 1 is 1.36 bits per heavy atom. The Morgan fingerprint density at radius 3 is 2.72 bits per heavy atom. The van der Waals surface area contributed by atoms with Crippen LogP contribution in [0, 0.1) is 6.92 Å². The maximum Gasteiger partial charge on any atom is 0.254 e. The van der Waals surface area contributed by atoms with E-state index >= 15 is 0 Å². The fourth-order valence-corrected chi connectivity index (χ4v) is 3.19. The normalized spacial score (nSPS) is 17.9. The molecule has 1 aliphatic heterocycles. The van der Waals surface area contributed by atoms with Crippen LogP contribution in [0.15, 0.2) is 36.5 Å². The number of aromatic nitrogens is 2. The van der Waals surface area contributed by atoms with Crippen LogP contribution in [0.4, 0.5) is 0 Å². The Balaban J connectivity index is 1.66. The molecule has 2 aromatic rings. The van der Waals surface area contributed by atoms with Gasteiger partial charge in [0.2, 0.25) is 0 Å². The van der Waals surface area contributed by atoms with E-state index in [-0.39, 0.29) is 18.5 Å². The molecule has 1 aliphatic rings. The summed E-state index contributed by atoms with van der Waals surface area (Å²) in [4.78, 5) is 12.5. The van der Waals surface area contributed by atoms with Crippen molar-refractivity contribution in [3.8, 4) is 0 Å². The molecule has 134 valence electrons. The van der Waals surface area contributed by atoms with E-state index in [1.54, 1.807) is 13.1 Å². The van der Waals surface area contributed by atoms with Crippen molar-refractivity contribution in [3.05, 3.63) is 53.3 Å². The zero-order chi connectivity index (χ0) is 17.9. The van der Waals surface area contributed by atoms with Gasteiger partial charge in [-0.1, -0.05) is 30.3 Å². The molecule has 0 saturated carbocycles. The number of rotatable bonds is 5. The summed E-state index contributed by atoms with van der Waals surface area (Å²) < 4.78 is 7.31. The zero-order valence-corrected chi connectivity index (χ0v) is 14.7. The molecule has 1 unspecified atom stereocenters. The fraction of sp³-hybridized carbons (Fsp3) is 0.474. The molecule has 2 heterocycles. The van der Waals surface area contributed by atoms with Crippen molar-refractivity contribution >= 4 is 5.91 Å². The molecule has 1 fully saturated rings. The summed E-state index contributed by atoms with van der Waals surface area (Å²) in [5, 5.41) is 17.8. The van der Waals surface area contributed by atoms with Crippen molar-refractivity contribution in [1.29, 1.82) is 0 Å². The van der Waals surface area contributed by atoms with E-state index in [4.69, 9.17) is 4.74 Å². The highest BCUT2D eigenvalue weighted by Crippen LogP contribution is 2.23. The Morgan fingerprint density at radius 2 is 2.04 bits per heavy atom. The lowest BCUT2D eigenvalue weighted by Gasteiger charge is -2.24. The summed E-state index contributed by atoms with van der Waals surface area (Å²) in [5.74, 6) is -0.216. The van der Waals surface area contributed by atoms with Gasteiger partial charge >= 0.3 is 0 Å². The van der Waals surface area contributed by atoms with E-state index in [1.165, 1.54) is 0 Å². The van der Waals surface area contributed by atoms with Crippen molar-refractivity contribution in [2.75, 3.05) is 19.8 Å². The fourth-order valence-electron chi connectivity index (χ4n) is 3.19. The summed E-state index contributed by atoms with van der Waals surface area (Å²) in [7, 11) is 0. The number of aliphatic hydroxyl groups is 1. The van der Waals surface area contributed by atoms with Crippen molar-refractivity contribution in [3.63, 3.8) is 0 Å². The van der Waals surface area contributed by atoms with E-state index < -0.39 is 5.60 Å². The lowest BCUT2D eigenvalue weighted by atomic mass is 9.96. The summed E-state index contributed by atoms with van der Waals surface area (Å²) in [5.41, 5.74) is 1.05. The number of hydrogen-bond donors (Lipinski definition) is 2. The number of nitrogens with zero attached hydrogens (tertiary/aromatic N) is 2. The minimum Gasteiger partial charge on any atom is -0.384 e. The summed E-state index contributed by atoms with van der Waals surface area (Å²) in [6, 6.07) is 9.61. The van der Waals surface area contributed by atoms with Crippen LogP contribution in [0.2, 0.25) is 0 Å². The highest BCUT2D eigenvalue weighted by atomic mass is 16.5. The van der Waals surface area contributed by atoms with Crippen molar-refractivity contribution in [2.24, 2.45) is 0 Å². The minimum absolute atomic E-state index is 0.137.